The first-order valence-electron chi connectivity index (χ1n) is 10.3. The van der Waals surface area contributed by atoms with E-state index in [9.17, 15) is 5.26 Å². The third-order valence-corrected chi connectivity index (χ3v) is 4.78. The summed E-state index contributed by atoms with van der Waals surface area (Å²) in [4.78, 5) is 4.00. The van der Waals surface area contributed by atoms with Gasteiger partial charge in [-0.05, 0) is 42.8 Å². The Bertz CT molecular complexity index is 1350. The zero-order valence-corrected chi connectivity index (χ0v) is 18.3. The maximum atomic E-state index is 9.18. The van der Waals surface area contributed by atoms with E-state index in [1.165, 1.54) is 0 Å². The van der Waals surface area contributed by atoms with Gasteiger partial charge in [0, 0.05) is 24.2 Å². The number of oxazole rings is 1. The molecule has 164 valence electrons. The minimum Gasteiger partial charge on any atom is -0.489 e. The molecule has 0 aliphatic heterocycles. The quantitative estimate of drug-likeness (QED) is 0.235. The molecule has 0 saturated heterocycles. The van der Waals surface area contributed by atoms with Gasteiger partial charge in [0.15, 0.2) is 5.89 Å². The number of hydrogen-bond donors (Lipinski definition) is 1. The molecular formula is C25H22N6O2. The summed E-state index contributed by atoms with van der Waals surface area (Å²) in [6, 6.07) is 17.7. The number of anilines is 1. The van der Waals surface area contributed by atoms with Crippen LogP contribution in [0.2, 0.25) is 0 Å². The summed E-state index contributed by atoms with van der Waals surface area (Å²) in [6.45, 7) is 7.79. The van der Waals surface area contributed by atoms with Gasteiger partial charge >= 0.3 is 0 Å². The first kappa shape index (κ1) is 21.6. The number of benzene rings is 2. The van der Waals surface area contributed by atoms with Crippen LogP contribution in [0, 0.1) is 25.2 Å². The first-order chi connectivity index (χ1) is 16.1. The Hall–Kier alpha value is -4.64. The topological polar surface area (TPSA) is 101 Å². The molecule has 0 fully saturated rings. The van der Waals surface area contributed by atoms with Crippen molar-refractivity contribution in [1.29, 1.82) is 5.26 Å². The summed E-state index contributed by atoms with van der Waals surface area (Å²) in [5.41, 5.74) is 7.26. The standard InChI is InChI=1S/C25H22N6O2/c1-4-12-32-23-11-10-19(13-17(23)2)24-20(16-31(30-24)21-8-6-5-7-9-21)15-27-29-25-22(14-26)28-18(3)33-25/h4-11,13,15-16,29H,1,12H2,2-3H3/b27-15+. The van der Waals surface area contributed by atoms with Crippen LogP contribution >= 0.6 is 0 Å². The smallest absolute Gasteiger partial charge is 0.252 e. The molecule has 0 bridgehead atoms. The second kappa shape index (κ2) is 9.66. The van der Waals surface area contributed by atoms with Crippen molar-refractivity contribution in [3.63, 3.8) is 0 Å². The summed E-state index contributed by atoms with van der Waals surface area (Å²) < 4.78 is 12.9. The van der Waals surface area contributed by atoms with E-state index < -0.39 is 0 Å². The van der Waals surface area contributed by atoms with E-state index in [1.807, 2.05) is 67.7 Å². The molecule has 0 saturated carbocycles. The van der Waals surface area contributed by atoms with Gasteiger partial charge in [0.1, 0.15) is 24.1 Å². The van der Waals surface area contributed by atoms with Crippen molar-refractivity contribution in [1.82, 2.24) is 14.8 Å². The number of aromatic nitrogens is 3. The number of nitrogens with one attached hydrogen (secondary N) is 1. The molecule has 0 unspecified atom stereocenters. The Morgan fingerprint density at radius 2 is 2.06 bits per heavy atom. The molecule has 2 aromatic heterocycles. The average Bonchev–Trinajstić information content (AvgIpc) is 3.42. The fourth-order valence-corrected chi connectivity index (χ4v) is 3.27. The van der Waals surface area contributed by atoms with Crippen molar-refractivity contribution in [2.24, 2.45) is 5.10 Å². The molecule has 0 atom stereocenters. The van der Waals surface area contributed by atoms with Crippen LogP contribution in [-0.4, -0.2) is 27.6 Å². The van der Waals surface area contributed by atoms with Crippen LogP contribution in [0.1, 0.15) is 22.7 Å². The van der Waals surface area contributed by atoms with Crippen LogP contribution in [0.3, 0.4) is 0 Å². The molecule has 0 aliphatic carbocycles. The normalized spacial score (nSPS) is 10.8. The summed E-state index contributed by atoms with van der Waals surface area (Å²) >= 11 is 0. The maximum absolute atomic E-state index is 9.18. The molecule has 1 N–H and O–H groups in total. The van der Waals surface area contributed by atoms with Crippen molar-refractivity contribution in [2.75, 3.05) is 12.0 Å². The Labute approximate surface area is 191 Å². The van der Waals surface area contributed by atoms with Crippen molar-refractivity contribution in [3.05, 3.63) is 90.1 Å². The third kappa shape index (κ3) is 4.83. The lowest BCUT2D eigenvalue weighted by molar-refractivity contribution is 0.361. The molecule has 2 aromatic carbocycles. The third-order valence-electron chi connectivity index (χ3n) is 4.78. The number of nitriles is 1. The van der Waals surface area contributed by atoms with E-state index >= 15 is 0 Å². The number of nitrogens with zero attached hydrogens (tertiary/aromatic N) is 5. The fourth-order valence-electron chi connectivity index (χ4n) is 3.27. The predicted molar refractivity (Wildman–Crippen MR) is 127 cm³/mol. The van der Waals surface area contributed by atoms with Crippen molar-refractivity contribution >= 4 is 12.1 Å². The van der Waals surface area contributed by atoms with Crippen LogP contribution in [0.4, 0.5) is 5.88 Å². The van der Waals surface area contributed by atoms with Gasteiger partial charge in [-0.3, -0.25) is 0 Å². The Morgan fingerprint density at radius 3 is 2.79 bits per heavy atom. The molecule has 8 nitrogen and oxygen atoms in total. The van der Waals surface area contributed by atoms with E-state index in [-0.39, 0.29) is 11.6 Å². The largest absolute Gasteiger partial charge is 0.489 e. The lowest BCUT2D eigenvalue weighted by atomic mass is 10.1. The summed E-state index contributed by atoms with van der Waals surface area (Å²) in [5, 5.41) is 18.2. The van der Waals surface area contributed by atoms with Crippen molar-refractivity contribution < 1.29 is 9.15 Å². The molecule has 4 aromatic rings. The molecule has 8 heteroatoms. The van der Waals surface area contributed by atoms with Crippen LogP contribution in [-0.2, 0) is 0 Å². The molecule has 0 radical (unpaired) electrons. The van der Waals surface area contributed by atoms with E-state index in [4.69, 9.17) is 14.3 Å². The van der Waals surface area contributed by atoms with Gasteiger partial charge in [-0.25, -0.2) is 15.1 Å². The van der Waals surface area contributed by atoms with Crippen LogP contribution < -0.4 is 10.2 Å². The van der Waals surface area contributed by atoms with E-state index in [0.717, 1.165) is 33.8 Å². The van der Waals surface area contributed by atoms with Crippen LogP contribution in [0.25, 0.3) is 16.9 Å². The summed E-state index contributed by atoms with van der Waals surface area (Å²) in [6.07, 6.45) is 5.24. The van der Waals surface area contributed by atoms with Gasteiger partial charge in [-0.1, -0.05) is 30.9 Å². The SMILES string of the molecule is C=CCOc1ccc(-c2nn(-c3ccccc3)cc2/C=N/Nc2oc(C)nc2C#N)cc1C. The highest BCUT2D eigenvalue weighted by atomic mass is 16.5. The second-order valence-corrected chi connectivity index (χ2v) is 7.19. The minimum absolute atomic E-state index is 0.149. The highest BCUT2D eigenvalue weighted by molar-refractivity contribution is 5.89. The number of para-hydroxylation sites is 1. The number of hydrazone groups is 1. The van der Waals surface area contributed by atoms with Crippen molar-refractivity contribution in [2.45, 2.75) is 13.8 Å². The van der Waals surface area contributed by atoms with Crippen LogP contribution in [0.5, 0.6) is 5.75 Å². The first-order valence-corrected chi connectivity index (χ1v) is 10.3. The number of aryl methyl sites for hydroxylation is 2. The number of ether oxygens (including phenoxy) is 1. The van der Waals surface area contributed by atoms with Gasteiger partial charge in [0.2, 0.25) is 5.69 Å². The van der Waals surface area contributed by atoms with Crippen LogP contribution in [0.15, 0.2) is 76.9 Å². The molecule has 0 amide bonds. The highest BCUT2D eigenvalue weighted by Crippen LogP contribution is 2.28. The maximum Gasteiger partial charge on any atom is 0.252 e. The monoisotopic (exact) mass is 438 g/mol. The summed E-state index contributed by atoms with van der Waals surface area (Å²) in [7, 11) is 0. The Morgan fingerprint density at radius 1 is 1.24 bits per heavy atom. The van der Waals surface area contributed by atoms with E-state index in [0.29, 0.717) is 12.5 Å². The number of hydrogen-bond acceptors (Lipinski definition) is 7. The second-order valence-electron chi connectivity index (χ2n) is 7.19. The van der Waals surface area contributed by atoms with E-state index in [1.54, 1.807) is 23.9 Å². The zero-order valence-electron chi connectivity index (χ0n) is 18.3. The molecule has 0 aliphatic rings. The summed E-state index contributed by atoms with van der Waals surface area (Å²) in [5.74, 6) is 1.38. The van der Waals surface area contributed by atoms with Gasteiger partial charge in [-0.15, -0.1) is 0 Å². The molecule has 0 spiro atoms. The molecule has 4 rings (SSSR count). The van der Waals surface area contributed by atoms with Gasteiger partial charge in [-0.2, -0.15) is 15.5 Å². The lowest BCUT2D eigenvalue weighted by Gasteiger charge is -2.08. The Kier molecular flexibility index (Phi) is 6.32. The molecule has 33 heavy (non-hydrogen) atoms. The lowest BCUT2D eigenvalue weighted by Crippen LogP contribution is -1.96. The number of rotatable bonds is 8. The molecular weight excluding hydrogens is 416 g/mol. The minimum atomic E-state index is 0.149. The van der Waals surface area contributed by atoms with E-state index in [2.05, 4.69) is 22.1 Å². The molecule has 2 heterocycles. The zero-order chi connectivity index (χ0) is 23.2. The van der Waals surface area contributed by atoms with Crippen molar-refractivity contribution in [3.8, 4) is 28.8 Å². The van der Waals surface area contributed by atoms with Gasteiger partial charge in [0.05, 0.1) is 11.9 Å². The van der Waals surface area contributed by atoms with Gasteiger partial charge in [0.25, 0.3) is 5.88 Å². The fraction of sp³-hybridized carbons (Fsp3) is 0.120. The predicted octanol–water partition coefficient (Wildman–Crippen LogP) is 5.03. The van der Waals surface area contributed by atoms with Gasteiger partial charge < -0.3 is 9.15 Å². The Balaban J connectivity index is 1.69. The highest BCUT2D eigenvalue weighted by Gasteiger charge is 2.14. The average molecular weight is 438 g/mol.